The molecule has 0 fully saturated rings. The van der Waals surface area contributed by atoms with Gasteiger partial charge in [0.1, 0.15) is 3.70 Å². The predicted octanol–water partition coefficient (Wildman–Crippen LogP) is 2.06. The smallest absolute Gasteiger partial charge is 0.129 e. The van der Waals surface area contributed by atoms with E-state index in [-0.39, 0.29) is 0 Å². The first-order chi connectivity index (χ1) is 6.22. The van der Waals surface area contributed by atoms with Gasteiger partial charge < -0.3 is 0 Å². The summed E-state index contributed by atoms with van der Waals surface area (Å²) in [5.41, 5.74) is 2.85. The third-order valence-electron chi connectivity index (χ3n) is 2.49. The summed E-state index contributed by atoms with van der Waals surface area (Å²) in [6.45, 7) is 5.61. The first-order valence-electron chi connectivity index (χ1n) is 4.37. The Hall–Kier alpha value is 0.630. The van der Waals surface area contributed by atoms with Crippen LogP contribution in [-0.2, 0) is 13.0 Å². The standard InChI is InChI=1S/C8H11I2N3/c1-2-12-4-3-7-6(5-12)8(9)11-13(7)10/h2-5H2,1H3. The minimum absolute atomic E-state index is 1.08. The van der Waals surface area contributed by atoms with Gasteiger partial charge in [0.05, 0.1) is 28.6 Å². The Balaban J connectivity index is 2.33. The Bertz CT molecular complexity index is 321. The highest BCUT2D eigenvalue weighted by Crippen LogP contribution is 2.24. The quantitative estimate of drug-likeness (QED) is 0.670. The average molecular weight is 403 g/mol. The largest absolute Gasteiger partial charge is 0.299 e. The zero-order valence-corrected chi connectivity index (χ0v) is 11.7. The summed E-state index contributed by atoms with van der Waals surface area (Å²) in [5.74, 6) is 0. The highest BCUT2D eigenvalue weighted by atomic mass is 127. The van der Waals surface area contributed by atoms with Crippen LogP contribution in [0.4, 0.5) is 0 Å². The lowest BCUT2D eigenvalue weighted by Gasteiger charge is -2.25. The molecule has 0 radical (unpaired) electrons. The fraction of sp³-hybridized carbons (Fsp3) is 0.625. The van der Waals surface area contributed by atoms with E-state index in [9.17, 15) is 0 Å². The van der Waals surface area contributed by atoms with E-state index < -0.39 is 0 Å². The van der Waals surface area contributed by atoms with Crippen molar-refractivity contribution in [1.82, 2.24) is 12.9 Å². The zero-order valence-electron chi connectivity index (χ0n) is 7.43. The van der Waals surface area contributed by atoms with E-state index in [1.54, 1.807) is 0 Å². The summed E-state index contributed by atoms with van der Waals surface area (Å²) < 4.78 is 3.17. The number of hydrogen-bond acceptors (Lipinski definition) is 2. The highest BCUT2D eigenvalue weighted by Gasteiger charge is 2.22. The van der Waals surface area contributed by atoms with Gasteiger partial charge in [0.25, 0.3) is 0 Å². The Labute approximate surface area is 105 Å². The highest BCUT2D eigenvalue weighted by molar-refractivity contribution is 14.1. The molecule has 0 atom stereocenters. The molecule has 2 heterocycles. The molecule has 0 aromatic carbocycles. The molecule has 0 saturated heterocycles. The van der Waals surface area contributed by atoms with Gasteiger partial charge in [0.2, 0.25) is 0 Å². The van der Waals surface area contributed by atoms with Crippen molar-refractivity contribution in [3.05, 3.63) is 15.0 Å². The van der Waals surface area contributed by atoms with E-state index in [2.05, 4.69) is 62.4 Å². The van der Waals surface area contributed by atoms with Crippen molar-refractivity contribution in [2.24, 2.45) is 0 Å². The summed E-state index contributed by atoms with van der Waals surface area (Å²) in [5, 5.41) is 4.42. The van der Waals surface area contributed by atoms with Crippen molar-refractivity contribution in [2.75, 3.05) is 13.1 Å². The number of fused-ring (bicyclic) bond motifs is 1. The fourth-order valence-electron chi connectivity index (χ4n) is 1.66. The molecule has 0 spiro atoms. The number of halogens is 2. The van der Waals surface area contributed by atoms with Gasteiger partial charge in [0.15, 0.2) is 0 Å². The molecule has 0 N–H and O–H groups in total. The van der Waals surface area contributed by atoms with Crippen LogP contribution in [0.25, 0.3) is 0 Å². The molecule has 1 aromatic heterocycles. The van der Waals surface area contributed by atoms with Crippen LogP contribution in [0.5, 0.6) is 0 Å². The maximum atomic E-state index is 4.42. The third kappa shape index (κ3) is 1.87. The lowest BCUT2D eigenvalue weighted by atomic mass is 10.1. The van der Waals surface area contributed by atoms with Crippen molar-refractivity contribution >= 4 is 45.5 Å². The van der Waals surface area contributed by atoms with Crippen LogP contribution in [0, 0.1) is 3.70 Å². The number of nitrogens with zero attached hydrogens (tertiary/aromatic N) is 3. The molecule has 0 bridgehead atoms. The molecule has 72 valence electrons. The van der Waals surface area contributed by atoms with Crippen molar-refractivity contribution in [3.63, 3.8) is 0 Å². The number of aromatic nitrogens is 2. The molecule has 0 saturated carbocycles. The van der Waals surface area contributed by atoms with Gasteiger partial charge in [-0.05, 0) is 29.1 Å². The van der Waals surface area contributed by atoms with Gasteiger partial charge in [-0.25, -0.2) is 2.90 Å². The van der Waals surface area contributed by atoms with E-state index in [1.165, 1.54) is 21.5 Å². The number of rotatable bonds is 1. The number of likely N-dealkylation sites (N-methyl/N-ethyl adjacent to an activating group) is 1. The molecule has 1 aromatic rings. The van der Waals surface area contributed by atoms with E-state index in [4.69, 9.17) is 0 Å². The maximum absolute atomic E-state index is 4.42. The Kier molecular flexibility index (Phi) is 3.14. The summed E-state index contributed by atoms with van der Waals surface area (Å²) in [4.78, 5) is 2.46. The molecular weight excluding hydrogens is 392 g/mol. The molecule has 0 amide bonds. The van der Waals surface area contributed by atoms with Crippen molar-refractivity contribution < 1.29 is 0 Å². The van der Waals surface area contributed by atoms with Crippen LogP contribution < -0.4 is 0 Å². The van der Waals surface area contributed by atoms with Crippen LogP contribution in [0.2, 0.25) is 0 Å². The van der Waals surface area contributed by atoms with Crippen LogP contribution in [0.1, 0.15) is 18.2 Å². The van der Waals surface area contributed by atoms with Gasteiger partial charge >= 0.3 is 0 Å². The van der Waals surface area contributed by atoms with E-state index in [0.29, 0.717) is 0 Å². The molecule has 0 aliphatic carbocycles. The van der Waals surface area contributed by atoms with Gasteiger partial charge in [0, 0.05) is 25.1 Å². The van der Waals surface area contributed by atoms with Crippen LogP contribution >= 0.6 is 45.5 Å². The predicted molar refractivity (Wildman–Crippen MR) is 69.0 cm³/mol. The van der Waals surface area contributed by atoms with Crippen molar-refractivity contribution in [2.45, 2.75) is 19.9 Å². The van der Waals surface area contributed by atoms with Gasteiger partial charge in [-0.2, -0.15) is 5.10 Å². The maximum Gasteiger partial charge on any atom is 0.129 e. The second kappa shape index (κ2) is 4.01. The van der Waals surface area contributed by atoms with Gasteiger partial charge in [-0.1, -0.05) is 6.92 Å². The van der Waals surface area contributed by atoms with E-state index in [0.717, 1.165) is 19.5 Å². The van der Waals surface area contributed by atoms with Crippen molar-refractivity contribution in [3.8, 4) is 0 Å². The molecule has 3 nitrogen and oxygen atoms in total. The van der Waals surface area contributed by atoms with Crippen LogP contribution in [-0.4, -0.2) is 26.0 Å². The molecule has 2 rings (SSSR count). The topological polar surface area (TPSA) is 21.1 Å². The summed E-state index contributed by atoms with van der Waals surface area (Å²) >= 11 is 4.59. The van der Waals surface area contributed by atoms with Crippen molar-refractivity contribution in [1.29, 1.82) is 0 Å². The summed E-state index contributed by atoms with van der Waals surface area (Å²) in [6, 6.07) is 0. The first kappa shape index (κ1) is 10.2. The lowest BCUT2D eigenvalue weighted by Crippen LogP contribution is -2.30. The van der Waals surface area contributed by atoms with E-state index >= 15 is 0 Å². The van der Waals surface area contributed by atoms with Crippen LogP contribution in [0.15, 0.2) is 0 Å². The number of hydrogen-bond donors (Lipinski definition) is 0. The Morgan fingerprint density at radius 2 is 2.31 bits per heavy atom. The van der Waals surface area contributed by atoms with E-state index in [1.807, 2.05) is 2.90 Å². The average Bonchev–Trinajstić information content (AvgIpc) is 2.42. The summed E-state index contributed by atoms with van der Waals surface area (Å²) in [6.07, 6.45) is 1.14. The fourth-order valence-corrected chi connectivity index (χ4v) is 3.52. The molecule has 1 aliphatic rings. The lowest BCUT2D eigenvalue weighted by molar-refractivity contribution is 0.266. The Morgan fingerprint density at radius 1 is 1.54 bits per heavy atom. The Morgan fingerprint density at radius 3 is 3.00 bits per heavy atom. The molecular formula is C8H11I2N3. The van der Waals surface area contributed by atoms with Gasteiger partial charge in [-0.3, -0.25) is 4.90 Å². The molecule has 1 aliphatic heterocycles. The minimum atomic E-state index is 1.08. The molecule has 5 heteroatoms. The SMILES string of the molecule is CCN1CCc2c(c(I)nn2I)C1. The normalized spacial score (nSPS) is 17.5. The molecule has 0 unspecified atom stereocenters. The summed E-state index contributed by atoms with van der Waals surface area (Å²) in [7, 11) is 0. The second-order valence-electron chi connectivity index (χ2n) is 3.19. The third-order valence-corrected chi connectivity index (χ3v) is 4.15. The second-order valence-corrected chi connectivity index (χ2v) is 5.13. The van der Waals surface area contributed by atoms with Crippen LogP contribution in [0.3, 0.4) is 0 Å². The zero-order chi connectivity index (χ0) is 9.42. The minimum Gasteiger partial charge on any atom is -0.299 e. The van der Waals surface area contributed by atoms with Gasteiger partial charge in [-0.15, -0.1) is 0 Å². The molecule has 13 heavy (non-hydrogen) atoms. The first-order valence-corrected chi connectivity index (χ1v) is 6.41. The monoisotopic (exact) mass is 403 g/mol.